The number of aryl methyl sites for hydroxylation is 2. The predicted molar refractivity (Wildman–Crippen MR) is 105 cm³/mol. The van der Waals surface area contributed by atoms with E-state index in [0.717, 1.165) is 33.8 Å². The fourth-order valence-corrected chi connectivity index (χ4v) is 2.92. The summed E-state index contributed by atoms with van der Waals surface area (Å²) in [5.74, 6) is 0.900. The number of fused-ring (bicyclic) bond motifs is 1. The summed E-state index contributed by atoms with van der Waals surface area (Å²) in [6.07, 6.45) is 1.69. The van der Waals surface area contributed by atoms with E-state index in [4.69, 9.17) is 0 Å². The first-order valence-corrected chi connectivity index (χ1v) is 8.54. The van der Waals surface area contributed by atoms with Crippen LogP contribution in [0.1, 0.15) is 5.69 Å². The molecule has 2 aromatic heterocycles. The number of hydrogen-bond donors (Lipinski definition) is 1. The van der Waals surface area contributed by atoms with Crippen molar-refractivity contribution in [3.63, 3.8) is 0 Å². The predicted octanol–water partition coefficient (Wildman–Crippen LogP) is 4.32. The van der Waals surface area contributed by atoms with E-state index >= 15 is 0 Å². The molecule has 0 radical (unpaired) electrons. The molecule has 4 aromatic rings. The van der Waals surface area contributed by atoms with E-state index in [1.807, 2.05) is 41.9 Å². The number of rotatable bonds is 4. The minimum atomic E-state index is -0.282. The average molecular weight is 362 g/mol. The summed E-state index contributed by atoms with van der Waals surface area (Å²) >= 11 is 0. The fraction of sp³-hybridized carbons (Fsp3) is 0.150. The van der Waals surface area contributed by atoms with E-state index < -0.39 is 0 Å². The van der Waals surface area contributed by atoms with Crippen molar-refractivity contribution in [1.29, 1.82) is 0 Å². The minimum absolute atomic E-state index is 0.282. The zero-order valence-corrected chi connectivity index (χ0v) is 15.3. The molecule has 7 heteroatoms. The summed E-state index contributed by atoms with van der Waals surface area (Å²) in [7, 11) is 3.89. The smallest absolute Gasteiger partial charge is 0.229 e. The van der Waals surface area contributed by atoms with Crippen molar-refractivity contribution in [1.82, 2.24) is 19.7 Å². The highest BCUT2D eigenvalue weighted by Crippen LogP contribution is 2.27. The summed E-state index contributed by atoms with van der Waals surface area (Å²) in [6.45, 7) is 2.05. The Morgan fingerprint density at radius 3 is 2.63 bits per heavy atom. The second-order valence-corrected chi connectivity index (χ2v) is 6.34. The zero-order chi connectivity index (χ0) is 19.0. The summed E-state index contributed by atoms with van der Waals surface area (Å²) in [6, 6.07) is 14.1. The number of aromatic nitrogens is 4. The van der Waals surface area contributed by atoms with Gasteiger partial charge in [0.15, 0.2) is 0 Å². The van der Waals surface area contributed by atoms with Gasteiger partial charge in [0.1, 0.15) is 11.6 Å². The summed E-state index contributed by atoms with van der Waals surface area (Å²) in [5, 5.41) is 8.77. The van der Waals surface area contributed by atoms with Crippen LogP contribution in [-0.2, 0) is 7.05 Å². The molecule has 27 heavy (non-hydrogen) atoms. The van der Waals surface area contributed by atoms with Crippen molar-refractivity contribution >= 4 is 34.0 Å². The number of hydrogen-bond acceptors (Lipinski definition) is 5. The van der Waals surface area contributed by atoms with Gasteiger partial charge in [-0.15, -0.1) is 0 Å². The topological polar surface area (TPSA) is 58.9 Å². The molecule has 2 aromatic carbocycles. The van der Waals surface area contributed by atoms with Crippen molar-refractivity contribution in [2.75, 3.05) is 17.3 Å². The molecular formula is C20H19FN6. The molecule has 136 valence electrons. The van der Waals surface area contributed by atoms with Crippen molar-refractivity contribution in [2.45, 2.75) is 6.92 Å². The minimum Gasteiger partial charge on any atom is -0.329 e. The van der Waals surface area contributed by atoms with E-state index in [1.165, 1.54) is 12.1 Å². The molecular weight excluding hydrogens is 343 g/mol. The lowest BCUT2D eigenvalue weighted by atomic mass is 10.2. The van der Waals surface area contributed by atoms with Crippen molar-refractivity contribution in [3.8, 4) is 0 Å². The van der Waals surface area contributed by atoms with Crippen LogP contribution in [0.4, 0.5) is 27.5 Å². The summed E-state index contributed by atoms with van der Waals surface area (Å²) in [4.78, 5) is 10.8. The lowest BCUT2D eigenvalue weighted by Gasteiger charge is -2.19. The number of nitrogens with zero attached hydrogens (tertiary/aromatic N) is 5. The van der Waals surface area contributed by atoms with E-state index in [-0.39, 0.29) is 5.82 Å². The van der Waals surface area contributed by atoms with E-state index in [9.17, 15) is 4.39 Å². The van der Waals surface area contributed by atoms with Crippen LogP contribution in [-0.4, -0.2) is 26.8 Å². The van der Waals surface area contributed by atoms with Crippen LogP contribution in [0.5, 0.6) is 0 Å². The molecule has 0 unspecified atom stereocenters. The van der Waals surface area contributed by atoms with Crippen LogP contribution in [0.25, 0.3) is 10.9 Å². The molecule has 0 amide bonds. The van der Waals surface area contributed by atoms with Gasteiger partial charge in [-0.05, 0) is 55.5 Å². The Morgan fingerprint density at radius 2 is 1.85 bits per heavy atom. The largest absolute Gasteiger partial charge is 0.329 e. The highest BCUT2D eigenvalue weighted by atomic mass is 19.1. The summed E-state index contributed by atoms with van der Waals surface area (Å²) < 4.78 is 14.9. The molecule has 0 spiro atoms. The van der Waals surface area contributed by atoms with Crippen LogP contribution in [0.15, 0.2) is 54.7 Å². The standard InChI is InChI=1S/C20H19FN6/c1-13-17-9-8-16(12-18(17)25-27(13)3)26(2)19-10-11-22-20(24-19)23-15-6-4-14(21)5-7-15/h4-12H,1-3H3,(H,22,23,24). The molecule has 0 bridgehead atoms. The third-order valence-electron chi connectivity index (χ3n) is 4.59. The molecule has 1 N–H and O–H groups in total. The monoisotopic (exact) mass is 362 g/mol. The maximum Gasteiger partial charge on any atom is 0.229 e. The van der Waals surface area contributed by atoms with Gasteiger partial charge in [-0.1, -0.05) is 0 Å². The Bertz CT molecular complexity index is 1100. The molecule has 0 fully saturated rings. The highest BCUT2D eigenvalue weighted by molar-refractivity contribution is 5.85. The van der Waals surface area contributed by atoms with Crippen molar-refractivity contribution in [2.24, 2.45) is 7.05 Å². The van der Waals surface area contributed by atoms with E-state index in [2.05, 4.69) is 33.4 Å². The first-order valence-electron chi connectivity index (χ1n) is 8.54. The second-order valence-electron chi connectivity index (χ2n) is 6.34. The Kier molecular flexibility index (Phi) is 4.19. The first-order chi connectivity index (χ1) is 13.0. The molecule has 6 nitrogen and oxygen atoms in total. The third kappa shape index (κ3) is 3.31. The van der Waals surface area contributed by atoms with Gasteiger partial charge < -0.3 is 10.2 Å². The fourth-order valence-electron chi connectivity index (χ4n) is 2.92. The Balaban J connectivity index is 1.62. The number of halogens is 1. The lowest BCUT2D eigenvalue weighted by molar-refractivity contribution is 0.628. The molecule has 0 saturated carbocycles. The van der Waals surface area contributed by atoms with Gasteiger partial charge in [-0.2, -0.15) is 10.1 Å². The van der Waals surface area contributed by atoms with Crippen molar-refractivity contribution < 1.29 is 4.39 Å². The maximum atomic E-state index is 13.0. The molecule has 0 atom stereocenters. The number of nitrogens with one attached hydrogen (secondary N) is 1. The van der Waals surface area contributed by atoms with Gasteiger partial charge >= 0.3 is 0 Å². The molecule has 0 aliphatic rings. The lowest BCUT2D eigenvalue weighted by Crippen LogP contribution is -2.12. The number of anilines is 4. The Hall–Kier alpha value is -3.48. The van der Waals surface area contributed by atoms with E-state index in [1.54, 1.807) is 18.3 Å². The van der Waals surface area contributed by atoms with Gasteiger partial charge in [0.2, 0.25) is 5.95 Å². The maximum absolute atomic E-state index is 13.0. The van der Waals surface area contributed by atoms with Crippen LogP contribution in [0.2, 0.25) is 0 Å². The van der Waals surface area contributed by atoms with Crippen LogP contribution in [0.3, 0.4) is 0 Å². The molecule has 0 saturated heterocycles. The normalized spacial score (nSPS) is 11.0. The van der Waals surface area contributed by atoms with Gasteiger partial charge in [0.05, 0.1) is 5.52 Å². The highest BCUT2D eigenvalue weighted by Gasteiger charge is 2.11. The second kappa shape index (κ2) is 6.68. The van der Waals surface area contributed by atoms with E-state index in [0.29, 0.717) is 5.95 Å². The molecule has 0 aliphatic heterocycles. The number of benzene rings is 2. The summed E-state index contributed by atoms with van der Waals surface area (Å²) in [5.41, 5.74) is 3.78. The SMILES string of the molecule is Cc1c2ccc(N(C)c3ccnc(Nc4ccc(F)cc4)n3)cc2nn1C. The zero-order valence-electron chi connectivity index (χ0n) is 15.3. The quantitative estimate of drug-likeness (QED) is 0.586. The third-order valence-corrected chi connectivity index (χ3v) is 4.59. The van der Waals surface area contributed by atoms with Gasteiger partial charge in [0.25, 0.3) is 0 Å². The molecule has 4 rings (SSSR count). The van der Waals surface area contributed by atoms with Crippen LogP contribution < -0.4 is 10.2 Å². The Labute approximate surface area is 156 Å². The van der Waals surface area contributed by atoms with Gasteiger partial charge in [0, 0.05) is 42.7 Å². The molecule has 2 heterocycles. The molecule has 0 aliphatic carbocycles. The van der Waals surface area contributed by atoms with Gasteiger partial charge in [-0.3, -0.25) is 4.68 Å². The Morgan fingerprint density at radius 1 is 1.07 bits per heavy atom. The van der Waals surface area contributed by atoms with Gasteiger partial charge in [-0.25, -0.2) is 9.37 Å². The van der Waals surface area contributed by atoms with Crippen molar-refractivity contribution in [3.05, 3.63) is 66.2 Å². The van der Waals surface area contributed by atoms with Crippen LogP contribution in [0, 0.1) is 12.7 Å². The van der Waals surface area contributed by atoms with Crippen LogP contribution >= 0.6 is 0 Å². The average Bonchev–Trinajstić information content (AvgIpc) is 2.96. The first kappa shape index (κ1) is 17.0.